The Morgan fingerprint density at radius 1 is 1.40 bits per heavy atom. The maximum absolute atomic E-state index is 3.59. The molecule has 2 atom stereocenters. The van der Waals surface area contributed by atoms with Crippen molar-refractivity contribution in [3.63, 3.8) is 0 Å². The predicted octanol–water partition coefficient (Wildman–Crippen LogP) is 2.20. The Balaban J connectivity index is 2.32. The molecule has 0 radical (unpaired) electrons. The maximum Gasteiger partial charge on any atom is 0.0221 e. The van der Waals surface area contributed by atoms with E-state index in [1.165, 1.54) is 44.0 Å². The van der Waals surface area contributed by atoms with E-state index in [9.17, 15) is 0 Å². The predicted molar refractivity (Wildman–Crippen MR) is 70.7 cm³/mol. The van der Waals surface area contributed by atoms with Gasteiger partial charge in [-0.05, 0) is 19.1 Å². The Bertz CT molecular complexity index is 164. The molecular formula is C12H26N2S. The summed E-state index contributed by atoms with van der Waals surface area (Å²) in [6, 6.07) is 1.45. The Hall–Kier alpha value is 0.270. The molecule has 1 N–H and O–H groups in total. The van der Waals surface area contributed by atoms with Gasteiger partial charge in [-0.1, -0.05) is 20.3 Å². The first kappa shape index (κ1) is 13.3. The molecule has 0 saturated carbocycles. The van der Waals surface area contributed by atoms with Crippen LogP contribution in [0.5, 0.6) is 0 Å². The third kappa shape index (κ3) is 4.75. The van der Waals surface area contributed by atoms with Crippen LogP contribution in [0.2, 0.25) is 0 Å². The Morgan fingerprint density at radius 2 is 2.20 bits per heavy atom. The topological polar surface area (TPSA) is 15.3 Å². The van der Waals surface area contributed by atoms with Gasteiger partial charge < -0.3 is 5.32 Å². The lowest BCUT2D eigenvalue weighted by atomic mass is 10.1. The zero-order chi connectivity index (χ0) is 11.1. The first-order valence-electron chi connectivity index (χ1n) is 6.33. The van der Waals surface area contributed by atoms with Gasteiger partial charge in [-0.3, -0.25) is 4.90 Å². The van der Waals surface area contributed by atoms with Gasteiger partial charge in [-0.2, -0.15) is 11.8 Å². The molecule has 2 unspecified atom stereocenters. The third-order valence-electron chi connectivity index (χ3n) is 3.08. The highest BCUT2D eigenvalue weighted by atomic mass is 32.2. The van der Waals surface area contributed by atoms with Gasteiger partial charge in [0.15, 0.2) is 0 Å². The molecule has 1 fully saturated rings. The molecule has 2 nitrogen and oxygen atoms in total. The van der Waals surface area contributed by atoms with E-state index < -0.39 is 0 Å². The third-order valence-corrected chi connectivity index (χ3v) is 3.96. The minimum Gasteiger partial charge on any atom is -0.311 e. The van der Waals surface area contributed by atoms with E-state index in [0.717, 1.165) is 6.04 Å². The van der Waals surface area contributed by atoms with E-state index in [4.69, 9.17) is 0 Å². The number of nitrogens with one attached hydrogen (secondary N) is 1. The van der Waals surface area contributed by atoms with Crippen molar-refractivity contribution in [2.24, 2.45) is 0 Å². The highest BCUT2D eigenvalue weighted by Crippen LogP contribution is 2.13. The monoisotopic (exact) mass is 230 g/mol. The molecule has 90 valence electrons. The van der Waals surface area contributed by atoms with Crippen LogP contribution in [0.1, 0.15) is 33.6 Å². The van der Waals surface area contributed by atoms with E-state index in [2.05, 4.69) is 42.7 Å². The van der Waals surface area contributed by atoms with Gasteiger partial charge in [0.25, 0.3) is 0 Å². The summed E-state index contributed by atoms with van der Waals surface area (Å²) in [5, 5.41) is 3.59. The van der Waals surface area contributed by atoms with Crippen molar-refractivity contribution in [1.82, 2.24) is 10.2 Å². The minimum atomic E-state index is 0.671. The normalized spacial score (nSPS) is 28.2. The highest BCUT2D eigenvalue weighted by Gasteiger charge is 2.24. The summed E-state index contributed by atoms with van der Waals surface area (Å²) in [4.78, 5) is 2.69. The molecule has 1 rings (SSSR count). The number of piperazine rings is 1. The number of rotatable bonds is 6. The Kier molecular flexibility index (Phi) is 6.69. The van der Waals surface area contributed by atoms with E-state index in [1.54, 1.807) is 0 Å². The molecule has 1 heterocycles. The van der Waals surface area contributed by atoms with Gasteiger partial charge in [0, 0.05) is 37.5 Å². The van der Waals surface area contributed by atoms with Crippen molar-refractivity contribution in [3.8, 4) is 0 Å². The van der Waals surface area contributed by atoms with Crippen LogP contribution >= 0.6 is 11.8 Å². The summed E-state index contributed by atoms with van der Waals surface area (Å²) < 4.78 is 0. The van der Waals surface area contributed by atoms with Gasteiger partial charge in [0.2, 0.25) is 0 Å². The van der Waals surface area contributed by atoms with E-state index in [-0.39, 0.29) is 0 Å². The van der Waals surface area contributed by atoms with E-state index >= 15 is 0 Å². The number of hydrogen-bond acceptors (Lipinski definition) is 3. The van der Waals surface area contributed by atoms with Crippen LogP contribution in [0.3, 0.4) is 0 Å². The summed E-state index contributed by atoms with van der Waals surface area (Å²) in [7, 11) is 0. The summed E-state index contributed by atoms with van der Waals surface area (Å²) in [6.07, 6.45) is 2.65. The van der Waals surface area contributed by atoms with E-state index in [0.29, 0.717) is 6.04 Å². The van der Waals surface area contributed by atoms with Crippen LogP contribution in [0.25, 0.3) is 0 Å². The Labute approximate surface area is 99.2 Å². The van der Waals surface area contributed by atoms with Crippen LogP contribution in [0.15, 0.2) is 0 Å². The molecule has 0 spiro atoms. The fourth-order valence-corrected chi connectivity index (χ4v) is 2.90. The quantitative estimate of drug-likeness (QED) is 0.704. The van der Waals surface area contributed by atoms with Crippen molar-refractivity contribution < 1.29 is 0 Å². The Morgan fingerprint density at radius 3 is 2.87 bits per heavy atom. The second kappa shape index (κ2) is 7.53. The number of thioether (sulfide) groups is 1. The molecule has 0 aliphatic carbocycles. The molecule has 0 aromatic rings. The SMILES string of the molecule is CCCC1CNC(C)CN1CCSCC. The molecule has 3 heteroatoms. The fraction of sp³-hybridized carbons (Fsp3) is 1.00. The summed E-state index contributed by atoms with van der Waals surface area (Å²) >= 11 is 2.06. The van der Waals surface area contributed by atoms with Crippen molar-refractivity contribution in [3.05, 3.63) is 0 Å². The van der Waals surface area contributed by atoms with Gasteiger partial charge >= 0.3 is 0 Å². The summed E-state index contributed by atoms with van der Waals surface area (Å²) in [5.74, 6) is 2.55. The molecule has 0 aromatic carbocycles. The minimum absolute atomic E-state index is 0.671. The van der Waals surface area contributed by atoms with Crippen LogP contribution in [0.4, 0.5) is 0 Å². The average molecular weight is 230 g/mol. The first-order chi connectivity index (χ1) is 7.27. The standard InChI is InChI=1S/C12H26N2S/c1-4-6-12-9-13-11(3)10-14(12)7-8-15-5-2/h11-13H,4-10H2,1-3H3. The fourth-order valence-electron chi connectivity index (χ4n) is 2.25. The van der Waals surface area contributed by atoms with Crippen molar-refractivity contribution in [2.45, 2.75) is 45.7 Å². The summed E-state index contributed by atoms with van der Waals surface area (Å²) in [5.41, 5.74) is 0. The average Bonchev–Trinajstić information content (AvgIpc) is 2.22. The molecule has 0 aromatic heterocycles. The number of nitrogens with zero attached hydrogens (tertiary/aromatic N) is 1. The zero-order valence-corrected chi connectivity index (χ0v) is 11.3. The molecule has 0 bridgehead atoms. The van der Waals surface area contributed by atoms with Crippen LogP contribution in [0, 0.1) is 0 Å². The summed E-state index contributed by atoms with van der Waals surface area (Å²) in [6.45, 7) is 10.5. The maximum atomic E-state index is 3.59. The molecule has 1 aliphatic rings. The molecule has 1 aliphatic heterocycles. The van der Waals surface area contributed by atoms with E-state index in [1.807, 2.05) is 0 Å². The number of hydrogen-bond donors (Lipinski definition) is 1. The molecule has 15 heavy (non-hydrogen) atoms. The van der Waals surface area contributed by atoms with Gasteiger partial charge in [-0.25, -0.2) is 0 Å². The molecular weight excluding hydrogens is 204 g/mol. The second-order valence-corrected chi connectivity index (χ2v) is 5.84. The van der Waals surface area contributed by atoms with Gasteiger partial charge in [0.1, 0.15) is 0 Å². The van der Waals surface area contributed by atoms with Crippen molar-refractivity contribution >= 4 is 11.8 Å². The van der Waals surface area contributed by atoms with Crippen LogP contribution in [-0.2, 0) is 0 Å². The van der Waals surface area contributed by atoms with Gasteiger partial charge in [0.05, 0.1) is 0 Å². The lowest BCUT2D eigenvalue weighted by molar-refractivity contribution is 0.136. The van der Waals surface area contributed by atoms with Crippen molar-refractivity contribution in [1.29, 1.82) is 0 Å². The first-order valence-corrected chi connectivity index (χ1v) is 7.48. The van der Waals surface area contributed by atoms with Gasteiger partial charge in [-0.15, -0.1) is 0 Å². The lowest BCUT2D eigenvalue weighted by Gasteiger charge is -2.39. The second-order valence-electron chi connectivity index (χ2n) is 4.44. The molecule has 1 saturated heterocycles. The largest absolute Gasteiger partial charge is 0.311 e. The smallest absolute Gasteiger partial charge is 0.0221 e. The van der Waals surface area contributed by atoms with Crippen molar-refractivity contribution in [2.75, 3.05) is 31.1 Å². The molecule has 0 amide bonds. The zero-order valence-electron chi connectivity index (χ0n) is 10.5. The van der Waals surface area contributed by atoms with Crippen LogP contribution < -0.4 is 5.32 Å². The lowest BCUT2D eigenvalue weighted by Crippen LogP contribution is -2.55. The van der Waals surface area contributed by atoms with Crippen LogP contribution in [-0.4, -0.2) is 48.1 Å². The highest BCUT2D eigenvalue weighted by molar-refractivity contribution is 7.99.